The van der Waals surface area contributed by atoms with Crippen LogP contribution in [0.1, 0.15) is 47.5 Å². The van der Waals surface area contributed by atoms with Gasteiger partial charge in [0.05, 0.1) is 0 Å². The molecule has 0 saturated carbocycles. The zero-order valence-corrected chi connectivity index (χ0v) is 9.31. The molecule has 0 spiro atoms. The Morgan fingerprint density at radius 1 is 1.38 bits per heavy atom. The standard InChI is InChI=1S/C11H20O2/c1-6-11(4,5)8-7-9(2)13-10(3)12/h7H,6,8H2,1-5H3/b9-7+. The summed E-state index contributed by atoms with van der Waals surface area (Å²) >= 11 is 0. The van der Waals surface area contributed by atoms with E-state index in [1.54, 1.807) is 0 Å². The Hall–Kier alpha value is -0.790. The largest absolute Gasteiger partial charge is 0.432 e. The number of esters is 1. The number of hydrogen-bond acceptors (Lipinski definition) is 2. The van der Waals surface area contributed by atoms with E-state index in [9.17, 15) is 4.79 Å². The van der Waals surface area contributed by atoms with Crippen molar-refractivity contribution in [3.05, 3.63) is 11.8 Å². The van der Waals surface area contributed by atoms with E-state index < -0.39 is 0 Å². The molecule has 0 aromatic heterocycles. The molecule has 2 nitrogen and oxygen atoms in total. The first kappa shape index (κ1) is 12.2. The van der Waals surface area contributed by atoms with Crippen LogP contribution < -0.4 is 0 Å². The lowest BCUT2D eigenvalue weighted by molar-refractivity contribution is -0.136. The highest BCUT2D eigenvalue weighted by atomic mass is 16.5. The number of hydrogen-bond donors (Lipinski definition) is 0. The quantitative estimate of drug-likeness (QED) is 0.495. The maximum absolute atomic E-state index is 10.6. The second kappa shape index (κ2) is 5.05. The number of ether oxygens (including phenoxy) is 1. The molecule has 0 aromatic carbocycles. The summed E-state index contributed by atoms with van der Waals surface area (Å²) in [5.41, 5.74) is 0.293. The van der Waals surface area contributed by atoms with E-state index in [1.165, 1.54) is 6.92 Å². The van der Waals surface area contributed by atoms with Crippen molar-refractivity contribution in [2.24, 2.45) is 5.41 Å². The summed E-state index contributed by atoms with van der Waals surface area (Å²) in [4.78, 5) is 10.6. The zero-order chi connectivity index (χ0) is 10.5. The first-order valence-electron chi connectivity index (χ1n) is 4.72. The van der Waals surface area contributed by atoms with Crippen molar-refractivity contribution in [2.45, 2.75) is 47.5 Å². The molecule has 0 bridgehead atoms. The lowest BCUT2D eigenvalue weighted by atomic mass is 9.86. The average Bonchev–Trinajstić information content (AvgIpc) is 2.00. The fourth-order valence-corrected chi connectivity index (χ4v) is 0.833. The molecule has 0 aliphatic rings. The molecule has 76 valence electrons. The number of allylic oxidation sites excluding steroid dienone is 2. The number of carbonyl (C=O) groups excluding carboxylic acids is 1. The van der Waals surface area contributed by atoms with Crippen molar-refractivity contribution in [1.29, 1.82) is 0 Å². The molecule has 2 heteroatoms. The van der Waals surface area contributed by atoms with Gasteiger partial charge < -0.3 is 4.74 Å². The van der Waals surface area contributed by atoms with Crippen molar-refractivity contribution in [1.82, 2.24) is 0 Å². The monoisotopic (exact) mass is 184 g/mol. The predicted octanol–water partition coefficient (Wildman–Crippen LogP) is 3.28. The summed E-state index contributed by atoms with van der Waals surface area (Å²) in [6, 6.07) is 0. The molecule has 0 atom stereocenters. The lowest BCUT2D eigenvalue weighted by Crippen LogP contribution is -2.08. The van der Waals surface area contributed by atoms with Gasteiger partial charge in [0.2, 0.25) is 0 Å². The summed E-state index contributed by atoms with van der Waals surface area (Å²) in [5.74, 6) is 0.456. The highest BCUT2D eigenvalue weighted by Crippen LogP contribution is 2.25. The molecule has 0 aliphatic carbocycles. The Labute approximate surface area is 81.0 Å². The molecule has 0 saturated heterocycles. The van der Waals surface area contributed by atoms with Crippen LogP contribution in [0.15, 0.2) is 11.8 Å². The Kier molecular flexibility index (Phi) is 4.74. The maximum atomic E-state index is 10.6. The Morgan fingerprint density at radius 2 is 1.92 bits per heavy atom. The summed E-state index contributed by atoms with van der Waals surface area (Å²) in [5, 5.41) is 0. The fourth-order valence-electron chi connectivity index (χ4n) is 0.833. The predicted molar refractivity (Wildman–Crippen MR) is 54.2 cm³/mol. The third-order valence-corrected chi connectivity index (χ3v) is 2.20. The third kappa shape index (κ3) is 6.38. The van der Waals surface area contributed by atoms with E-state index in [0.717, 1.165) is 12.8 Å². The van der Waals surface area contributed by atoms with Crippen LogP contribution in [0.5, 0.6) is 0 Å². The van der Waals surface area contributed by atoms with Crippen LogP contribution in [0.2, 0.25) is 0 Å². The van der Waals surface area contributed by atoms with Crippen LogP contribution in [0.4, 0.5) is 0 Å². The van der Waals surface area contributed by atoms with E-state index in [1.807, 2.05) is 13.0 Å². The van der Waals surface area contributed by atoms with Crippen LogP contribution in [0.25, 0.3) is 0 Å². The van der Waals surface area contributed by atoms with Crippen LogP contribution in [0.3, 0.4) is 0 Å². The first-order valence-corrected chi connectivity index (χ1v) is 4.72. The van der Waals surface area contributed by atoms with Gasteiger partial charge in [-0.25, -0.2) is 0 Å². The van der Waals surface area contributed by atoms with Crippen LogP contribution in [-0.4, -0.2) is 5.97 Å². The highest BCUT2D eigenvalue weighted by molar-refractivity contribution is 5.67. The molecule has 0 radical (unpaired) electrons. The van der Waals surface area contributed by atoms with Gasteiger partial charge in [-0.3, -0.25) is 4.79 Å². The lowest BCUT2D eigenvalue weighted by Gasteiger charge is -2.20. The smallest absolute Gasteiger partial charge is 0.307 e. The minimum absolute atomic E-state index is 0.247. The van der Waals surface area contributed by atoms with Gasteiger partial charge in [0.25, 0.3) is 0 Å². The van der Waals surface area contributed by atoms with E-state index in [0.29, 0.717) is 11.2 Å². The summed E-state index contributed by atoms with van der Waals surface area (Å²) in [6.07, 6.45) is 4.05. The van der Waals surface area contributed by atoms with Crippen molar-refractivity contribution in [2.75, 3.05) is 0 Å². The van der Waals surface area contributed by atoms with Crippen LogP contribution in [-0.2, 0) is 9.53 Å². The molecule has 0 N–H and O–H groups in total. The van der Waals surface area contributed by atoms with Crippen molar-refractivity contribution < 1.29 is 9.53 Å². The average molecular weight is 184 g/mol. The summed E-state index contributed by atoms with van der Waals surface area (Å²) in [6.45, 7) is 9.79. The van der Waals surface area contributed by atoms with E-state index >= 15 is 0 Å². The van der Waals surface area contributed by atoms with Gasteiger partial charge >= 0.3 is 5.97 Å². The van der Waals surface area contributed by atoms with Gasteiger partial charge in [0.15, 0.2) is 0 Å². The topological polar surface area (TPSA) is 26.3 Å². The van der Waals surface area contributed by atoms with Crippen LogP contribution in [0, 0.1) is 5.41 Å². The Bertz CT molecular complexity index is 202. The van der Waals surface area contributed by atoms with E-state index in [4.69, 9.17) is 4.74 Å². The summed E-state index contributed by atoms with van der Waals surface area (Å²) < 4.78 is 4.91. The maximum Gasteiger partial charge on any atom is 0.307 e. The Balaban J connectivity index is 4.03. The van der Waals surface area contributed by atoms with Gasteiger partial charge in [-0.15, -0.1) is 0 Å². The van der Waals surface area contributed by atoms with E-state index in [2.05, 4.69) is 20.8 Å². The van der Waals surface area contributed by atoms with Crippen molar-refractivity contribution >= 4 is 5.97 Å². The molecular formula is C11H20O2. The SMILES string of the molecule is CCC(C)(C)C/C=C(\C)OC(C)=O. The molecule has 13 heavy (non-hydrogen) atoms. The van der Waals surface area contributed by atoms with Gasteiger partial charge in [-0.1, -0.05) is 27.2 Å². The molecule has 0 amide bonds. The molecule has 0 heterocycles. The van der Waals surface area contributed by atoms with Gasteiger partial charge in [0, 0.05) is 6.92 Å². The second-order valence-electron chi connectivity index (χ2n) is 4.13. The molecule has 0 fully saturated rings. The van der Waals surface area contributed by atoms with Gasteiger partial charge in [0.1, 0.15) is 5.76 Å². The fraction of sp³-hybridized carbons (Fsp3) is 0.727. The second-order valence-corrected chi connectivity index (χ2v) is 4.13. The Morgan fingerprint density at radius 3 is 2.31 bits per heavy atom. The zero-order valence-electron chi connectivity index (χ0n) is 9.31. The minimum atomic E-state index is -0.247. The number of rotatable bonds is 4. The van der Waals surface area contributed by atoms with E-state index in [-0.39, 0.29) is 5.97 Å². The third-order valence-electron chi connectivity index (χ3n) is 2.20. The van der Waals surface area contributed by atoms with Crippen molar-refractivity contribution in [3.8, 4) is 0 Å². The molecule has 0 unspecified atom stereocenters. The molecule has 0 aromatic rings. The van der Waals surface area contributed by atoms with Gasteiger partial charge in [-0.05, 0) is 24.8 Å². The minimum Gasteiger partial charge on any atom is -0.432 e. The summed E-state index contributed by atoms with van der Waals surface area (Å²) in [7, 11) is 0. The molecular weight excluding hydrogens is 164 g/mol. The molecule has 0 rings (SSSR count). The normalized spacial score (nSPS) is 12.8. The number of carbonyl (C=O) groups is 1. The molecule has 0 aliphatic heterocycles. The highest BCUT2D eigenvalue weighted by Gasteiger charge is 2.13. The van der Waals surface area contributed by atoms with Gasteiger partial charge in [-0.2, -0.15) is 0 Å². The first-order chi connectivity index (χ1) is 5.87. The van der Waals surface area contributed by atoms with Crippen molar-refractivity contribution in [3.63, 3.8) is 0 Å². The van der Waals surface area contributed by atoms with Crippen LogP contribution >= 0.6 is 0 Å².